The molecule has 3 rings (SSSR count). The number of halogens is 4. The van der Waals surface area contributed by atoms with Crippen LogP contribution in [-0.4, -0.2) is 10.9 Å². The van der Waals surface area contributed by atoms with Crippen LogP contribution in [-0.2, 0) is 12.7 Å². The van der Waals surface area contributed by atoms with Crippen LogP contribution in [0.3, 0.4) is 0 Å². The van der Waals surface area contributed by atoms with Gasteiger partial charge in [-0.05, 0) is 48.4 Å². The molecule has 2 amide bonds. The Labute approximate surface area is 178 Å². The van der Waals surface area contributed by atoms with Crippen molar-refractivity contribution in [1.82, 2.24) is 4.90 Å². The zero-order chi connectivity index (χ0) is 21.7. The van der Waals surface area contributed by atoms with Gasteiger partial charge < -0.3 is 10.2 Å². The first-order chi connectivity index (χ1) is 14.2. The molecule has 0 aliphatic rings. The van der Waals surface area contributed by atoms with Crippen molar-refractivity contribution in [2.24, 2.45) is 0 Å². The highest BCUT2D eigenvalue weighted by Crippen LogP contribution is 2.30. The van der Waals surface area contributed by atoms with Gasteiger partial charge in [-0.25, -0.2) is 4.79 Å². The van der Waals surface area contributed by atoms with E-state index in [2.05, 4.69) is 5.32 Å². The van der Waals surface area contributed by atoms with Gasteiger partial charge in [-0.1, -0.05) is 60.1 Å². The first kappa shape index (κ1) is 21.7. The van der Waals surface area contributed by atoms with Crippen molar-refractivity contribution in [1.29, 1.82) is 0 Å². The zero-order valence-corrected chi connectivity index (χ0v) is 16.9. The summed E-state index contributed by atoms with van der Waals surface area (Å²) in [6, 6.07) is 20.3. The molecule has 0 bridgehead atoms. The zero-order valence-electron chi connectivity index (χ0n) is 16.2. The number of hydrogen-bond donors (Lipinski definition) is 1. The first-order valence-corrected chi connectivity index (χ1v) is 9.66. The summed E-state index contributed by atoms with van der Waals surface area (Å²) in [6.07, 6.45) is -4.40. The van der Waals surface area contributed by atoms with Gasteiger partial charge in [0.05, 0.1) is 11.6 Å². The molecule has 30 heavy (non-hydrogen) atoms. The Morgan fingerprint density at radius 3 is 2.27 bits per heavy atom. The van der Waals surface area contributed by atoms with Crippen LogP contribution in [0, 0.1) is 0 Å². The minimum Gasteiger partial charge on any atom is -0.313 e. The average Bonchev–Trinajstić information content (AvgIpc) is 2.72. The van der Waals surface area contributed by atoms with Gasteiger partial charge in [0, 0.05) is 17.3 Å². The maximum atomic E-state index is 13.1. The van der Waals surface area contributed by atoms with E-state index in [0.717, 1.165) is 17.7 Å². The number of anilines is 1. The molecular weight excluding hydrogens is 413 g/mol. The highest BCUT2D eigenvalue weighted by molar-refractivity contribution is 6.30. The van der Waals surface area contributed by atoms with Crippen molar-refractivity contribution in [3.8, 4) is 0 Å². The molecule has 0 aromatic heterocycles. The fourth-order valence-corrected chi connectivity index (χ4v) is 3.24. The predicted octanol–water partition coefficient (Wildman–Crippen LogP) is 7.15. The minimum atomic E-state index is -4.40. The Hall–Kier alpha value is -2.99. The summed E-state index contributed by atoms with van der Waals surface area (Å²) >= 11 is 5.99. The van der Waals surface area contributed by atoms with E-state index in [0.29, 0.717) is 16.3 Å². The summed E-state index contributed by atoms with van der Waals surface area (Å²) in [5.74, 6) is 0. The summed E-state index contributed by atoms with van der Waals surface area (Å²) in [5, 5.41) is 3.30. The number of nitrogens with one attached hydrogen (secondary N) is 1. The lowest BCUT2D eigenvalue weighted by molar-refractivity contribution is -0.137. The summed E-state index contributed by atoms with van der Waals surface area (Å²) in [6.45, 7) is 2.01. The van der Waals surface area contributed by atoms with Gasteiger partial charge >= 0.3 is 12.2 Å². The van der Waals surface area contributed by atoms with E-state index in [9.17, 15) is 18.0 Å². The van der Waals surface area contributed by atoms with Crippen LogP contribution in [0.15, 0.2) is 78.9 Å². The summed E-state index contributed by atoms with van der Waals surface area (Å²) < 4.78 is 38.5. The summed E-state index contributed by atoms with van der Waals surface area (Å²) in [4.78, 5) is 14.6. The number of amides is 2. The van der Waals surface area contributed by atoms with Crippen molar-refractivity contribution < 1.29 is 18.0 Å². The first-order valence-electron chi connectivity index (χ1n) is 9.28. The van der Waals surface area contributed by atoms with Gasteiger partial charge in [0.1, 0.15) is 0 Å². The van der Waals surface area contributed by atoms with E-state index >= 15 is 0 Å². The van der Waals surface area contributed by atoms with Crippen molar-refractivity contribution in [3.63, 3.8) is 0 Å². The highest BCUT2D eigenvalue weighted by Gasteiger charge is 2.30. The maximum absolute atomic E-state index is 13.1. The van der Waals surface area contributed by atoms with E-state index in [-0.39, 0.29) is 18.6 Å². The topological polar surface area (TPSA) is 32.3 Å². The molecular formula is C23H20ClF3N2O. The third kappa shape index (κ3) is 5.54. The number of hydrogen-bond acceptors (Lipinski definition) is 1. The van der Waals surface area contributed by atoms with Crippen LogP contribution >= 0.6 is 11.6 Å². The molecule has 3 aromatic rings. The lowest BCUT2D eigenvalue weighted by Gasteiger charge is -2.30. The van der Waals surface area contributed by atoms with Gasteiger partial charge in [-0.2, -0.15) is 13.2 Å². The fourth-order valence-electron chi connectivity index (χ4n) is 3.05. The van der Waals surface area contributed by atoms with E-state index in [1.54, 1.807) is 29.2 Å². The number of nitrogens with zero attached hydrogens (tertiary/aromatic N) is 1. The Balaban J connectivity index is 1.86. The molecule has 1 atom stereocenters. The van der Waals surface area contributed by atoms with Crippen LogP contribution in [0.25, 0.3) is 0 Å². The van der Waals surface area contributed by atoms with E-state index in [1.165, 1.54) is 12.1 Å². The molecule has 3 nitrogen and oxygen atoms in total. The van der Waals surface area contributed by atoms with Crippen LogP contribution in [0.4, 0.5) is 23.7 Å². The molecule has 0 fully saturated rings. The van der Waals surface area contributed by atoms with Crippen LogP contribution in [0.5, 0.6) is 0 Å². The number of urea groups is 1. The Bertz CT molecular complexity index is 991. The third-order valence-corrected chi connectivity index (χ3v) is 4.96. The number of rotatable bonds is 5. The smallest absolute Gasteiger partial charge is 0.313 e. The Kier molecular flexibility index (Phi) is 6.67. The van der Waals surface area contributed by atoms with Crippen molar-refractivity contribution in [3.05, 3.63) is 101 Å². The van der Waals surface area contributed by atoms with Crippen molar-refractivity contribution in [2.45, 2.75) is 25.7 Å². The molecule has 7 heteroatoms. The summed E-state index contributed by atoms with van der Waals surface area (Å²) in [5.41, 5.74) is 1.31. The Morgan fingerprint density at radius 2 is 1.67 bits per heavy atom. The predicted molar refractivity (Wildman–Crippen MR) is 112 cm³/mol. The van der Waals surface area contributed by atoms with Gasteiger partial charge in [0.2, 0.25) is 0 Å². The van der Waals surface area contributed by atoms with Crippen LogP contribution in [0.1, 0.15) is 29.7 Å². The lowest BCUT2D eigenvalue weighted by Crippen LogP contribution is -2.36. The van der Waals surface area contributed by atoms with Gasteiger partial charge in [0.15, 0.2) is 0 Å². The molecule has 0 aliphatic carbocycles. The lowest BCUT2D eigenvalue weighted by atomic mass is 10.1. The molecule has 1 unspecified atom stereocenters. The number of benzene rings is 3. The third-order valence-electron chi connectivity index (χ3n) is 4.72. The molecule has 0 aliphatic heterocycles. The number of carbonyl (C=O) groups is 1. The number of alkyl halides is 3. The minimum absolute atomic E-state index is 0.139. The molecule has 3 aromatic carbocycles. The average molecular weight is 433 g/mol. The van der Waals surface area contributed by atoms with E-state index in [4.69, 9.17) is 11.6 Å². The van der Waals surface area contributed by atoms with Crippen LogP contribution in [0.2, 0.25) is 5.02 Å². The second kappa shape index (κ2) is 9.22. The van der Waals surface area contributed by atoms with Gasteiger partial charge in [0.25, 0.3) is 0 Å². The van der Waals surface area contributed by atoms with E-state index < -0.39 is 11.7 Å². The van der Waals surface area contributed by atoms with Crippen molar-refractivity contribution >= 4 is 23.3 Å². The Morgan fingerprint density at radius 1 is 1.00 bits per heavy atom. The highest BCUT2D eigenvalue weighted by atomic mass is 35.5. The van der Waals surface area contributed by atoms with Gasteiger partial charge in [-0.3, -0.25) is 0 Å². The molecule has 0 saturated heterocycles. The van der Waals surface area contributed by atoms with Crippen molar-refractivity contribution in [2.75, 3.05) is 5.32 Å². The maximum Gasteiger partial charge on any atom is 0.416 e. The van der Waals surface area contributed by atoms with E-state index in [1.807, 2.05) is 37.3 Å². The SMILES string of the molecule is CC(c1ccccc1)N(Cc1ccc(C(F)(F)F)cc1)C(=O)Nc1cccc(Cl)c1. The number of carbonyl (C=O) groups excluding carboxylic acids is 1. The largest absolute Gasteiger partial charge is 0.416 e. The molecule has 156 valence electrons. The normalized spacial score (nSPS) is 12.3. The molecule has 1 N–H and O–H groups in total. The van der Waals surface area contributed by atoms with Gasteiger partial charge in [-0.15, -0.1) is 0 Å². The molecule has 0 saturated carbocycles. The quantitative estimate of drug-likeness (QED) is 0.456. The molecule has 0 spiro atoms. The molecule has 0 heterocycles. The second-order valence-corrected chi connectivity index (χ2v) is 7.29. The monoisotopic (exact) mass is 432 g/mol. The molecule has 0 radical (unpaired) electrons. The summed E-state index contributed by atoms with van der Waals surface area (Å²) in [7, 11) is 0. The fraction of sp³-hybridized carbons (Fsp3) is 0.174. The van der Waals surface area contributed by atoms with Crippen LogP contribution < -0.4 is 5.32 Å². The standard InChI is InChI=1S/C23H20ClF3N2O/c1-16(18-6-3-2-4-7-18)29(22(30)28-21-9-5-8-20(24)14-21)15-17-10-12-19(13-11-17)23(25,26)27/h2-14,16H,15H2,1H3,(H,28,30). The second-order valence-electron chi connectivity index (χ2n) is 6.85.